The van der Waals surface area contributed by atoms with Crippen LogP contribution in [0, 0.1) is 5.82 Å². The van der Waals surface area contributed by atoms with Crippen molar-refractivity contribution in [1.29, 1.82) is 0 Å². The molecule has 0 amide bonds. The van der Waals surface area contributed by atoms with Crippen LogP contribution < -0.4 is 10.5 Å². The maximum atomic E-state index is 14.0. The van der Waals surface area contributed by atoms with Crippen LogP contribution in [-0.4, -0.2) is 17.6 Å². The number of hydrogen-bond donors (Lipinski definition) is 1. The van der Waals surface area contributed by atoms with Gasteiger partial charge < -0.3 is 10.5 Å². The maximum absolute atomic E-state index is 14.0. The molecule has 1 aromatic carbocycles. The van der Waals surface area contributed by atoms with E-state index in [4.69, 9.17) is 10.5 Å². The van der Waals surface area contributed by atoms with E-state index in [9.17, 15) is 4.39 Å². The fourth-order valence-corrected chi connectivity index (χ4v) is 2.20. The number of fused-ring (bicyclic) bond motifs is 1. The quantitative estimate of drug-likeness (QED) is 0.880. The second-order valence-corrected chi connectivity index (χ2v) is 4.34. The lowest BCUT2D eigenvalue weighted by Crippen LogP contribution is -2.24. The van der Waals surface area contributed by atoms with Gasteiger partial charge in [0.1, 0.15) is 6.10 Å². The molecule has 3 rings (SSSR count). The summed E-state index contributed by atoms with van der Waals surface area (Å²) in [6, 6.07) is 8.96. The molecule has 2 N–H and O–H groups in total. The molecule has 1 atom stereocenters. The summed E-state index contributed by atoms with van der Waals surface area (Å²) in [4.78, 5) is 4.22. The second-order valence-electron chi connectivity index (χ2n) is 4.34. The van der Waals surface area contributed by atoms with Gasteiger partial charge in [0.05, 0.1) is 5.69 Å². The molecule has 4 heteroatoms. The summed E-state index contributed by atoms with van der Waals surface area (Å²) < 4.78 is 19.4. The highest BCUT2D eigenvalue weighted by atomic mass is 19.1. The van der Waals surface area contributed by atoms with E-state index >= 15 is 0 Å². The topological polar surface area (TPSA) is 48.1 Å². The molecule has 3 nitrogen and oxygen atoms in total. The Balaban J connectivity index is 2.04. The molecular formula is C14H13FN2O. The lowest BCUT2D eigenvalue weighted by molar-refractivity contribution is 0.232. The summed E-state index contributed by atoms with van der Waals surface area (Å²) in [5.41, 5.74) is 7.95. The summed E-state index contributed by atoms with van der Waals surface area (Å²) in [7, 11) is 0. The van der Waals surface area contributed by atoms with Gasteiger partial charge in [-0.3, -0.25) is 4.98 Å². The number of rotatable bonds is 2. The monoisotopic (exact) mass is 244 g/mol. The van der Waals surface area contributed by atoms with Crippen LogP contribution in [0.3, 0.4) is 0 Å². The van der Waals surface area contributed by atoms with Gasteiger partial charge in [-0.25, -0.2) is 4.39 Å². The SMILES string of the molecule is NCC1Cc2cc(-c3ccccn3)cc(F)c2O1. The molecule has 2 heterocycles. The highest BCUT2D eigenvalue weighted by Gasteiger charge is 2.25. The van der Waals surface area contributed by atoms with Gasteiger partial charge in [0.15, 0.2) is 11.6 Å². The summed E-state index contributed by atoms with van der Waals surface area (Å²) in [5, 5.41) is 0. The van der Waals surface area contributed by atoms with Crippen molar-refractivity contribution in [3.05, 3.63) is 47.9 Å². The van der Waals surface area contributed by atoms with Crippen LogP contribution in [0.15, 0.2) is 36.5 Å². The zero-order valence-electron chi connectivity index (χ0n) is 9.77. The molecule has 0 bridgehead atoms. The van der Waals surface area contributed by atoms with Crippen LogP contribution in [0.2, 0.25) is 0 Å². The van der Waals surface area contributed by atoms with Crippen LogP contribution >= 0.6 is 0 Å². The first-order valence-electron chi connectivity index (χ1n) is 5.88. The van der Waals surface area contributed by atoms with E-state index < -0.39 is 0 Å². The second kappa shape index (κ2) is 4.38. The zero-order chi connectivity index (χ0) is 12.5. The van der Waals surface area contributed by atoms with Gasteiger partial charge in [-0.05, 0) is 24.3 Å². The fraction of sp³-hybridized carbons (Fsp3) is 0.214. The van der Waals surface area contributed by atoms with Crippen molar-refractivity contribution in [2.45, 2.75) is 12.5 Å². The standard InChI is InChI=1S/C14H13FN2O/c15-12-7-9(13-3-1-2-4-17-13)5-10-6-11(8-16)18-14(10)12/h1-5,7,11H,6,8,16H2. The zero-order valence-corrected chi connectivity index (χ0v) is 9.77. The molecule has 92 valence electrons. The number of ether oxygens (including phenoxy) is 1. The molecule has 0 saturated heterocycles. The Kier molecular flexibility index (Phi) is 2.72. The highest BCUT2D eigenvalue weighted by Crippen LogP contribution is 2.35. The van der Waals surface area contributed by atoms with E-state index in [1.807, 2.05) is 24.3 Å². The van der Waals surface area contributed by atoms with E-state index in [1.54, 1.807) is 6.20 Å². The van der Waals surface area contributed by atoms with Crippen molar-refractivity contribution >= 4 is 0 Å². The fourth-order valence-electron chi connectivity index (χ4n) is 2.20. The third-order valence-corrected chi connectivity index (χ3v) is 3.08. The number of nitrogens with two attached hydrogens (primary N) is 1. The molecule has 0 fully saturated rings. The van der Waals surface area contributed by atoms with Gasteiger partial charge in [-0.15, -0.1) is 0 Å². The molecule has 1 aromatic heterocycles. The molecule has 1 aliphatic rings. The van der Waals surface area contributed by atoms with Gasteiger partial charge in [-0.1, -0.05) is 6.07 Å². The first kappa shape index (κ1) is 11.2. The summed E-state index contributed by atoms with van der Waals surface area (Å²) in [5.74, 6) is -0.00534. The molecular weight excluding hydrogens is 231 g/mol. The third kappa shape index (κ3) is 1.84. The minimum atomic E-state index is -0.343. The Hall–Kier alpha value is -1.94. The van der Waals surface area contributed by atoms with Gasteiger partial charge in [0.2, 0.25) is 0 Å². The number of benzene rings is 1. The number of aromatic nitrogens is 1. The maximum Gasteiger partial charge on any atom is 0.166 e. The van der Waals surface area contributed by atoms with Gasteiger partial charge >= 0.3 is 0 Å². The average molecular weight is 244 g/mol. The largest absolute Gasteiger partial charge is 0.485 e. The average Bonchev–Trinajstić information content (AvgIpc) is 2.83. The lowest BCUT2D eigenvalue weighted by Gasteiger charge is -2.07. The molecule has 1 aliphatic heterocycles. The van der Waals surface area contributed by atoms with Crippen LogP contribution in [0.1, 0.15) is 5.56 Å². The van der Waals surface area contributed by atoms with Crippen molar-refractivity contribution in [2.24, 2.45) is 5.73 Å². The summed E-state index contributed by atoms with van der Waals surface area (Å²) in [6.07, 6.45) is 2.23. The molecule has 0 radical (unpaired) electrons. The minimum absolute atomic E-state index is 0.117. The van der Waals surface area contributed by atoms with Crippen LogP contribution in [-0.2, 0) is 6.42 Å². The lowest BCUT2D eigenvalue weighted by atomic mass is 10.0. The van der Waals surface area contributed by atoms with Crippen molar-refractivity contribution < 1.29 is 9.13 Å². The van der Waals surface area contributed by atoms with Gasteiger partial charge in [0, 0.05) is 30.3 Å². The van der Waals surface area contributed by atoms with Gasteiger partial charge in [-0.2, -0.15) is 0 Å². The van der Waals surface area contributed by atoms with Crippen LogP contribution in [0.4, 0.5) is 4.39 Å². The smallest absolute Gasteiger partial charge is 0.166 e. The summed E-state index contributed by atoms with van der Waals surface area (Å²) in [6.45, 7) is 0.396. The molecule has 0 spiro atoms. The van der Waals surface area contributed by atoms with Crippen molar-refractivity contribution in [3.63, 3.8) is 0 Å². The highest BCUT2D eigenvalue weighted by molar-refractivity contribution is 5.63. The Morgan fingerprint density at radius 1 is 1.39 bits per heavy atom. The van der Waals surface area contributed by atoms with E-state index in [-0.39, 0.29) is 11.9 Å². The molecule has 1 unspecified atom stereocenters. The van der Waals surface area contributed by atoms with Crippen LogP contribution in [0.25, 0.3) is 11.3 Å². The van der Waals surface area contributed by atoms with Crippen molar-refractivity contribution in [1.82, 2.24) is 4.98 Å². The summed E-state index contributed by atoms with van der Waals surface area (Å²) >= 11 is 0. The van der Waals surface area contributed by atoms with E-state index in [1.165, 1.54) is 6.07 Å². The molecule has 2 aromatic rings. The van der Waals surface area contributed by atoms with E-state index in [2.05, 4.69) is 4.98 Å². The van der Waals surface area contributed by atoms with E-state index in [0.717, 1.165) is 16.8 Å². The van der Waals surface area contributed by atoms with Gasteiger partial charge in [0.25, 0.3) is 0 Å². The number of pyridine rings is 1. The Bertz CT molecular complexity index is 572. The molecule has 18 heavy (non-hydrogen) atoms. The Morgan fingerprint density at radius 3 is 3.00 bits per heavy atom. The Labute approximate surface area is 104 Å². The number of halogens is 1. The minimum Gasteiger partial charge on any atom is -0.485 e. The predicted octanol–water partition coefficient (Wildman–Crippen LogP) is 2.15. The predicted molar refractivity (Wildman–Crippen MR) is 66.8 cm³/mol. The van der Waals surface area contributed by atoms with E-state index in [0.29, 0.717) is 18.7 Å². The normalized spacial score (nSPS) is 17.3. The molecule has 0 saturated carbocycles. The van der Waals surface area contributed by atoms with Crippen molar-refractivity contribution in [3.8, 4) is 17.0 Å². The number of nitrogens with zero attached hydrogens (tertiary/aromatic N) is 1. The Morgan fingerprint density at radius 2 is 2.28 bits per heavy atom. The third-order valence-electron chi connectivity index (χ3n) is 3.08. The first-order chi connectivity index (χ1) is 8.78. The first-order valence-corrected chi connectivity index (χ1v) is 5.88. The number of hydrogen-bond acceptors (Lipinski definition) is 3. The van der Waals surface area contributed by atoms with Crippen molar-refractivity contribution in [2.75, 3.05) is 6.54 Å². The van der Waals surface area contributed by atoms with Crippen LogP contribution in [0.5, 0.6) is 5.75 Å². The molecule has 0 aliphatic carbocycles.